The highest BCUT2D eigenvalue weighted by Gasteiger charge is 2.12. The molecule has 2 aromatic rings. The number of hydrogen-bond donors (Lipinski definition) is 2. The molecule has 2 rings (SSSR count). The molecule has 7 heteroatoms. The number of ether oxygens (including phenoxy) is 2. The van der Waals surface area contributed by atoms with Crippen LogP contribution in [0.25, 0.3) is 0 Å². The average Bonchev–Trinajstić information content (AvgIpc) is 2.65. The number of benzene rings is 1. The van der Waals surface area contributed by atoms with Crippen molar-refractivity contribution in [2.45, 2.75) is 32.8 Å². The first-order chi connectivity index (χ1) is 12.9. The van der Waals surface area contributed by atoms with Crippen LogP contribution in [0.5, 0.6) is 5.75 Å². The van der Waals surface area contributed by atoms with E-state index >= 15 is 0 Å². The van der Waals surface area contributed by atoms with Gasteiger partial charge in [0.2, 0.25) is 0 Å². The lowest BCUT2D eigenvalue weighted by Crippen LogP contribution is -2.15. The van der Waals surface area contributed by atoms with E-state index in [1.807, 2.05) is 19.9 Å². The SMILES string of the molecule is COC(=O)c1ccc(NC(=O)c2cc(CCCO)cc(OC(C)C)c2)nc1. The van der Waals surface area contributed by atoms with Crippen molar-refractivity contribution in [2.75, 3.05) is 19.0 Å². The minimum atomic E-state index is -0.493. The lowest BCUT2D eigenvalue weighted by atomic mass is 10.1. The quantitative estimate of drug-likeness (QED) is 0.692. The Balaban J connectivity index is 2.19. The Hall–Kier alpha value is -2.93. The molecule has 1 heterocycles. The summed E-state index contributed by atoms with van der Waals surface area (Å²) in [6, 6.07) is 8.36. The zero-order valence-corrected chi connectivity index (χ0v) is 15.7. The van der Waals surface area contributed by atoms with Crippen molar-refractivity contribution in [1.82, 2.24) is 4.98 Å². The molecular weight excluding hydrogens is 348 g/mol. The van der Waals surface area contributed by atoms with Gasteiger partial charge in [-0.3, -0.25) is 4.79 Å². The third-order valence-corrected chi connectivity index (χ3v) is 3.65. The fourth-order valence-electron chi connectivity index (χ4n) is 2.45. The molecule has 0 bridgehead atoms. The van der Waals surface area contributed by atoms with Crippen molar-refractivity contribution < 1.29 is 24.2 Å². The van der Waals surface area contributed by atoms with E-state index in [9.17, 15) is 9.59 Å². The molecule has 144 valence electrons. The second-order valence-corrected chi connectivity index (χ2v) is 6.24. The first kappa shape index (κ1) is 20.4. The highest BCUT2D eigenvalue weighted by atomic mass is 16.5. The minimum absolute atomic E-state index is 0.0264. The van der Waals surface area contributed by atoms with Gasteiger partial charge in [-0.2, -0.15) is 0 Å². The highest BCUT2D eigenvalue weighted by molar-refractivity contribution is 6.04. The van der Waals surface area contributed by atoms with Crippen LogP contribution in [0.3, 0.4) is 0 Å². The van der Waals surface area contributed by atoms with Crippen molar-refractivity contribution in [1.29, 1.82) is 0 Å². The number of nitrogens with one attached hydrogen (secondary N) is 1. The van der Waals surface area contributed by atoms with Crippen molar-refractivity contribution >= 4 is 17.7 Å². The minimum Gasteiger partial charge on any atom is -0.491 e. The molecule has 27 heavy (non-hydrogen) atoms. The van der Waals surface area contributed by atoms with Gasteiger partial charge in [-0.15, -0.1) is 0 Å². The Kier molecular flexibility index (Phi) is 7.31. The number of aryl methyl sites for hydroxylation is 1. The first-order valence-corrected chi connectivity index (χ1v) is 8.70. The third-order valence-electron chi connectivity index (χ3n) is 3.65. The van der Waals surface area contributed by atoms with Crippen LogP contribution in [-0.4, -0.2) is 41.8 Å². The maximum Gasteiger partial charge on any atom is 0.339 e. The number of methoxy groups -OCH3 is 1. The summed E-state index contributed by atoms with van der Waals surface area (Å²) in [6.07, 6.45) is 2.55. The molecule has 0 saturated heterocycles. The Morgan fingerprint density at radius 2 is 1.96 bits per heavy atom. The number of pyridine rings is 1. The molecule has 1 aromatic carbocycles. The van der Waals surface area contributed by atoms with Gasteiger partial charge < -0.3 is 19.9 Å². The molecule has 0 aliphatic carbocycles. The zero-order valence-electron chi connectivity index (χ0n) is 15.7. The van der Waals surface area contributed by atoms with Gasteiger partial charge in [-0.1, -0.05) is 0 Å². The summed E-state index contributed by atoms with van der Waals surface area (Å²) < 4.78 is 10.3. The van der Waals surface area contributed by atoms with E-state index in [4.69, 9.17) is 9.84 Å². The van der Waals surface area contributed by atoms with Crippen molar-refractivity contribution in [3.05, 3.63) is 53.2 Å². The van der Waals surface area contributed by atoms with Crippen LogP contribution < -0.4 is 10.1 Å². The number of esters is 1. The van der Waals surface area contributed by atoms with Gasteiger partial charge in [-0.05, 0) is 62.6 Å². The number of rotatable bonds is 8. The largest absolute Gasteiger partial charge is 0.491 e. The Bertz CT molecular complexity index is 787. The molecule has 0 aliphatic rings. The molecule has 7 nitrogen and oxygen atoms in total. The summed E-state index contributed by atoms with van der Waals surface area (Å²) >= 11 is 0. The van der Waals surface area contributed by atoms with Crippen LogP contribution >= 0.6 is 0 Å². The molecule has 0 aliphatic heterocycles. The lowest BCUT2D eigenvalue weighted by molar-refractivity contribution is 0.0600. The summed E-state index contributed by atoms with van der Waals surface area (Å²) in [6.45, 7) is 3.90. The summed E-state index contributed by atoms with van der Waals surface area (Å²) in [4.78, 5) is 28.1. The van der Waals surface area contributed by atoms with Crippen LogP contribution in [0, 0.1) is 0 Å². The molecule has 0 saturated carbocycles. The van der Waals surface area contributed by atoms with Crippen LogP contribution in [0.1, 0.15) is 46.5 Å². The van der Waals surface area contributed by atoms with Crippen LogP contribution in [0.4, 0.5) is 5.82 Å². The second-order valence-electron chi connectivity index (χ2n) is 6.24. The summed E-state index contributed by atoms with van der Waals surface area (Å²) in [7, 11) is 1.29. The van der Waals surface area contributed by atoms with E-state index in [2.05, 4.69) is 15.0 Å². The van der Waals surface area contributed by atoms with E-state index in [1.165, 1.54) is 25.4 Å². The van der Waals surface area contributed by atoms with Crippen LogP contribution in [0.15, 0.2) is 36.5 Å². The second kappa shape index (κ2) is 9.68. The number of amides is 1. The standard InChI is InChI=1S/C20H24N2O5/c1-13(2)27-17-10-14(5-4-8-23)9-16(11-17)19(24)22-18-7-6-15(12-21-18)20(25)26-3/h6-7,9-13,23H,4-5,8H2,1-3H3,(H,21,22,24). The van der Waals surface area contributed by atoms with Gasteiger partial charge in [0.1, 0.15) is 11.6 Å². The fraction of sp³-hybridized carbons (Fsp3) is 0.350. The predicted molar refractivity (Wildman–Crippen MR) is 101 cm³/mol. The topological polar surface area (TPSA) is 97.8 Å². The third kappa shape index (κ3) is 6.07. The number of carbonyl (C=O) groups excluding carboxylic acids is 2. The Morgan fingerprint density at radius 1 is 1.19 bits per heavy atom. The van der Waals surface area contributed by atoms with E-state index in [0.29, 0.717) is 35.5 Å². The van der Waals surface area contributed by atoms with E-state index in [0.717, 1.165) is 5.56 Å². The molecule has 0 radical (unpaired) electrons. The molecule has 0 unspecified atom stereocenters. The average molecular weight is 372 g/mol. The first-order valence-electron chi connectivity index (χ1n) is 8.70. The van der Waals surface area contributed by atoms with E-state index in [-0.39, 0.29) is 18.6 Å². The maximum absolute atomic E-state index is 12.6. The number of carbonyl (C=O) groups is 2. The van der Waals surface area contributed by atoms with E-state index in [1.54, 1.807) is 12.1 Å². The van der Waals surface area contributed by atoms with Gasteiger partial charge in [0, 0.05) is 18.4 Å². The number of nitrogens with zero attached hydrogens (tertiary/aromatic N) is 1. The zero-order chi connectivity index (χ0) is 19.8. The van der Waals surface area contributed by atoms with Crippen molar-refractivity contribution in [2.24, 2.45) is 0 Å². The molecule has 1 amide bonds. The number of aromatic nitrogens is 1. The van der Waals surface area contributed by atoms with Gasteiger partial charge in [-0.25, -0.2) is 9.78 Å². The van der Waals surface area contributed by atoms with Gasteiger partial charge in [0.05, 0.1) is 18.8 Å². The monoisotopic (exact) mass is 372 g/mol. The number of aliphatic hydroxyl groups is 1. The molecule has 0 fully saturated rings. The van der Waals surface area contributed by atoms with Crippen molar-refractivity contribution in [3.63, 3.8) is 0 Å². The van der Waals surface area contributed by atoms with Gasteiger partial charge in [0.25, 0.3) is 5.91 Å². The Morgan fingerprint density at radius 3 is 2.56 bits per heavy atom. The molecule has 2 N–H and O–H groups in total. The lowest BCUT2D eigenvalue weighted by Gasteiger charge is -2.13. The smallest absolute Gasteiger partial charge is 0.339 e. The van der Waals surface area contributed by atoms with Gasteiger partial charge in [0.15, 0.2) is 0 Å². The summed E-state index contributed by atoms with van der Waals surface area (Å²) in [5.41, 5.74) is 1.63. The van der Waals surface area contributed by atoms with Gasteiger partial charge >= 0.3 is 5.97 Å². The number of anilines is 1. The van der Waals surface area contributed by atoms with Crippen LogP contribution in [0.2, 0.25) is 0 Å². The summed E-state index contributed by atoms with van der Waals surface area (Å²) in [5.74, 6) is 0.0829. The molecular formula is C20H24N2O5. The fourth-order valence-corrected chi connectivity index (χ4v) is 2.45. The summed E-state index contributed by atoms with van der Waals surface area (Å²) in [5, 5.41) is 11.7. The van der Waals surface area contributed by atoms with Crippen molar-refractivity contribution in [3.8, 4) is 5.75 Å². The number of hydrogen-bond acceptors (Lipinski definition) is 6. The molecule has 0 spiro atoms. The molecule has 1 aromatic heterocycles. The highest BCUT2D eigenvalue weighted by Crippen LogP contribution is 2.21. The predicted octanol–water partition coefficient (Wildman–Crippen LogP) is 2.83. The normalized spacial score (nSPS) is 10.6. The number of aliphatic hydroxyl groups excluding tert-OH is 1. The van der Waals surface area contributed by atoms with Crippen LogP contribution in [-0.2, 0) is 11.2 Å². The van der Waals surface area contributed by atoms with E-state index < -0.39 is 5.97 Å². The molecule has 0 atom stereocenters. The Labute approximate surface area is 158 Å². The maximum atomic E-state index is 12.6.